The molecule has 4 nitrogen and oxygen atoms in total. The summed E-state index contributed by atoms with van der Waals surface area (Å²) in [5.41, 5.74) is 0.547. The number of rotatable bonds is 7. The van der Waals surface area contributed by atoms with Crippen LogP contribution in [0.25, 0.3) is 0 Å². The highest BCUT2D eigenvalue weighted by Crippen LogP contribution is 2.22. The van der Waals surface area contributed by atoms with Gasteiger partial charge in [-0.1, -0.05) is 19.9 Å². The maximum atomic E-state index is 13.9. The number of carbonyl (C=O) groups is 1. The Kier molecular flexibility index (Phi) is 6.67. The number of halogens is 1. The highest BCUT2D eigenvalue weighted by Gasteiger charge is 2.21. The summed E-state index contributed by atoms with van der Waals surface area (Å²) in [5, 5.41) is 11.6. The maximum absolute atomic E-state index is 13.9. The Morgan fingerprint density at radius 2 is 2.19 bits per heavy atom. The Hall–Kier alpha value is -2.09. The van der Waals surface area contributed by atoms with Gasteiger partial charge in [-0.25, -0.2) is 4.39 Å². The molecule has 0 aromatic heterocycles. The van der Waals surface area contributed by atoms with Crippen LogP contribution in [0.15, 0.2) is 18.2 Å². The van der Waals surface area contributed by atoms with Gasteiger partial charge in [0.25, 0.3) is 5.91 Å². The van der Waals surface area contributed by atoms with Crippen molar-refractivity contribution in [1.29, 1.82) is 5.26 Å². The summed E-state index contributed by atoms with van der Waals surface area (Å²) in [4.78, 5) is 14.3. The molecule has 1 aromatic rings. The minimum atomic E-state index is -0.438. The zero-order valence-corrected chi connectivity index (χ0v) is 12.8. The molecule has 0 saturated heterocycles. The van der Waals surface area contributed by atoms with Gasteiger partial charge in [-0.05, 0) is 25.0 Å². The summed E-state index contributed by atoms with van der Waals surface area (Å²) < 4.78 is 13.9. The second-order valence-electron chi connectivity index (χ2n) is 5.25. The fourth-order valence-corrected chi connectivity index (χ4v) is 2.13. The van der Waals surface area contributed by atoms with Crippen molar-refractivity contribution in [3.05, 3.63) is 29.6 Å². The smallest absolute Gasteiger partial charge is 0.256 e. The molecule has 0 fully saturated rings. The summed E-state index contributed by atoms with van der Waals surface area (Å²) >= 11 is 0. The molecule has 0 bridgehead atoms. The predicted octanol–water partition coefficient (Wildman–Crippen LogP) is 3.27. The standard InChI is InChI=1S/C16H22FN3O/c1-4-19-15-13(7-5-8-14(15)17)16(21)20(10-6-9-18)11-12(2)3/h5,7-8,12,19H,4,6,10-11H2,1-3H3. The van der Waals surface area contributed by atoms with Crippen LogP contribution in [0.3, 0.4) is 0 Å². The highest BCUT2D eigenvalue weighted by atomic mass is 19.1. The lowest BCUT2D eigenvalue weighted by molar-refractivity contribution is 0.0740. The predicted molar refractivity (Wildman–Crippen MR) is 81.5 cm³/mol. The quantitative estimate of drug-likeness (QED) is 0.839. The molecule has 1 amide bonds. The van der Waals surface area contributed by atoms with Crippen LogP contribution in [0.2, 0.25) is 0 Å². The van der Waals surface area contributed by atoms with Crippen molar-refractivity contribution < 1.29 is 9.18 Å². The average Bonchev–Trinajstić information content (AvgIpc) is 2.44. The van der Waals surface area contributed by atoms with Gasteiger partial charge < -0.3 is 10.2 Å². The van der Waals surface area contributed by atoms with Crippen molar-refractivity contribution in [3.8, 4) is 6.07 Å². The van der Waals surface area contributed by atoms with Gasteiger partial charge in [-0.3, -0.25) is 4.79 Å². The number of nitrogens with zero attached hydrogens (tertiary/aromatic N) is 2. The van der Waals surface area contributed by atoms with E-state index in [4.69, 9.17) is 5.26 Å². The molecule has 0 unspecified atom stereocenters. The summed E-state index contributed by atoms with van der Waals surface area (Å²) in [5.74, 6) is -0.398. The molecular formula is C16H22FN3O. The van der Waals surface area contributed by atoms with Crippen LogP contribution in [0.4, 0.5) is 10.1 Å². The third-order valence-electron chi connectivity index (χ3n) is 2.96. The molecule has 1 rings (SSSR count). The molecule has 0 radical (unpaired) electrons. The molecule has 0 saturated carbocycles. The number of hydrogen-bond donors (Lipinski definition) is 1. The number of nitriles is 1. The Balaban J connectivity index is 3.08. The van der Waals surface area contributed by atoms with Gasteiger partial charge in [0.05, 0.1) is 23.7 Å². The van der Waals surface area contributed by atoms with E-state index in [0.29, 0.717) is 25.2 Å². The summed E-state index contributed by atoms with van der Waals surface area (Å²) in [6.45, 7) is 7.29. The number of nitrogens with one attached hydrogen (secondary N) is 1. The summed E-state index contributed by atoms with van der Waals surface area (Å²) in [6, 6.07) is 6.52. The third-order valence-corrected chi connectivity index (χ3v) is 2.96. The largest absolute Gasteiger partial charge is 0.382 e. The number of hydrogen-bond acceptors (Lipinski definition) is 3. The normalized spacial score (nSPS) is 10.3. The number of anilines is 1. The Morgan fingerprint density at radius 3 is 2.76 bits per heavy atom. The molecule has 0 atom stereocenters. The Labute approximate surface area is 125 Å². The van der Waals surface area contributed by atoms with E-state index >= 15 is 0 Å². The lowest BCUT2D eigenvalue weighted by Gasteiger charge is -2.25. The monoisotopic (exact) mass is 291 g/mol. The highest BCUT2D eigenvalue weighted by molar-refractivity contribution is 5.99. The van der Waals surface area contributed by atoms with Gasteiger partial charge in [-0.15, -0.1) is 0 Å². The lowest BCUT2D eigenvalue weighted by atomic mass is 10.1. The first kappa shape index (κ1) is 17.0. The molecule has 114 valence electrons. The zero-order valence-electron chi connectivity index (χ0n) is 12.8. The van der Waals surface area contributed by atoms with E-state index in [1.54, 1.807) is 11.0 Å². The molecular weight excluding hydrogens is 269 g/mol. The Morgan fingerprint density at radius 1 is 1.48 bits per heavy atom. The van der Waals surface area contributed by atoms with E-state index in [1.165, 1.54) is 12.1 Å². The zero-order chi connectivity index (χ0) is 15.8. The van der Waals surface area contributed by atoms with Crippen molar-refractivity contribution in [1.82, 2.24) is 4.90 Å². The van der Waals surface area contributed by atoms with Gasteiger partial charge in [0.15, 0.2) is 0 Å². The van der Waals surface area contributed by atoms with Crippen molar-refractivity contribution in [3.63, 3.8) is 0 Å². The average molecular weight is 291 g/mol. The van der Waals surface area contributed by atoms with Gasteiger partial charge in [-0.2, -0.15) is 5.26 Å². The van der Waals surface area contributed by atoms with Crippen molar-refractivity contribution in [2.24, 2.45) is 5.92 Å². The van der Waals surface area contributed by atoms with Gasteiger partial charge in [0.1, 0.15) is 5.82 Å². The van der Waals surface area contributed by atoms with Crippen molar-refractivity contribution in [2.45, 2.75) is 27.2 Å². The first-order chi connectivity index (χ1) is 10.0. The van der Waals surface area contributed by atoms with Gasteiger partial charge in [0.2, 0.25) is 0 Å². The molecule has 0 spiro atoms. The minimum Gasteiger partial charge on any atom is -0.382 e. The number of benzene rings is 1. The molecule has 21 heavy (non-hydrogen) atoms. The molecule has 0 aliphatic carbocycles. The SMILES string of the molecule is CCNc1c(F)cccc1C(=O)N(CCC#N)CC(C)C. The first-order valence-electron chi connectivity index (χ1n) is 7.19. The van der Waals surface area contributed by atoms with Crippen molar-refractivity contribution >= 4 is 11.6 Å². The summed E-state index contributed by atoms with van der Waals surface area (Å²) in [7, 11) is 0. The fraction of sp³-hybridized carbons (Fsp3) is 0.500. The van der Waals surface area contributed by atoms with Crippen LogP contribution in [-0.4, -0.2) is 30.4 Å². The van der Waals surface area contributed by atoms with Gasteiger partial charge >= 0.3 is 0 Å². The van der Waals surface area contributed by atoms with Crippen LogP contribution >= 0.6 is 0 Å². The number of carbonyl (C=O) groups excluding carboxylic acids is 1. The van der Waals surface area contributed by atoms with E-state index in [-0.39, 0.29) is 23.9 Å². The second kappa shape index (κ2) is 8.25. The Bertz CT molecular complexity index is 523. The minimum absolute atomic E-state index is 0.232. The van der Waals surface area contributed by atoms with E-state index < -0.39 is 5.82 Å². The second-order valence-corrected chi connectivity index (χ2v) is 5.25. The first-order valence-corrected chi connectivity index (χ1v) is 7.19. The lowest BCUT2D eigenvalue weighted by Crippen LogP contribution is -2.35. The molecule has 1 aromatic carbocycles. The molecule has 5 heteroatoms. The molecule has 1 N–H and O–H groups in total. The molecule has 0 aliphatic heterocycles. The van der Waals surface area contributed by atoms with Crippen molar-refractivity contribution in [2.75, 3.05) is 25.0 Å². The van der Waals surface area contributed by atoms with E-state index in [9.17, 15) is 9.18 Å². The third kappa shape index (κ3) is 4.75. The number of amides is 1. The van der Waals surface area contributed by atoms with E-state index in [1.807, 2.05) is 26.8 Å². The molecule has 0 aliphatic rings. The fourth-order valence-electron chi connectivity index (χ4n) is 2.13. The van der Waals surface area contributed by atoms with Gasteiger partial charge in [0, 0.05) is 19.6 Å². The van der Waals surface area contributed by atoms with Crippen LogP contribution < -0.4 is 5.32 Å². The summed E-state index contributed by atoms with van der Waals surface area (Å²) in [6.07, 6.45) is 0.268. The number of para-hydroxylation sites is 1. The van der Waals surface area contributed by atoms with Crippen LogP contribution in [0, 0.1) is 23.1 Å². The van der Waals surface area contributed by atoms with E-state index in [0.717, 1.165) is 0 Å². The van der Waals surface area contributed by atoms with Crippen LogP contribution in [0.5, 0.6) is 0 Å². The van der Waals surface area contributed by atoms with Crippen LogP contribution in [0.1, 0.15) is 37.6 Å². The maximum Gasteiger partial charge on any atom is 0.256 e. The van der Waals surface area contributed by atoms with Crippen LogP contribution in [-0.2, 0) is 0 Å². The topological polar surface area (TPSA) is 56.1 Å². The molecule has 0 heterocycles. The van der Waals surface area contributed by atoms with E-state index in [2.05, 4.69) is 5.32 Å².